The molecule has 136 valence electrons. The third-order valence-electron chi connectivity index (χ3n) is 3.54. The summed E-state index contributed by atoms with van der Waals surface area (Å²) in [5.74, 6) is -4.19. The Morgan fingerprint density at radius 1 is 0.960 bits per heavy atom. The molecule has 0 aliphatic carbocycles. The Bertz CT molecular complexity index is 887. The quantitative estimate of drug-likeness (QED) is 0.729. The molecule has 0 aliphatic rings. The van der Waals surface area contributed by atoms with Crippen LogP contribution in [0.25, 0.3) is 0 Å². The summed E-state index contributed by atoms with van der Waals surface area (Å²) in [7, 11) is -0.274. The van der Waals surface area contributed by atoms with E-state index in [1.54, 1.807) is 18.2 Å². The first-order chi connectivity index (χ1) is 11.7. The molecule has 5 nitrogen and oxygen atoms in total. The molecule has 0 aliphatic heterocycles. The van der Waals surface area contributed by atoms with Crippen LogP contribution < -0.4 is 9.47 Å². The van der Waals surface area contributed by atoms with Crippen molar-refractivity contribution in [3.05, 3.63) is 53.3 Å². The molecule has 0 saturated heterocycles. The molecule has 0 atom stereocenters. The van der Waals surface area contributed by atoms with Gasteiger partial charge in [-0.25, -0.2) is 21.6 Å². The Morgan fingerprint density at radius 3 is 2.20 bits per heavy atom. The number of rotatable bonds is 6. The summed E-state index contributed by atoms with van der Waals surface area (Å²) in [4.78, 5) is -0.936. The van der Waals surface area contributed by atoms with Crippen molar-refractivity contribution in [2.75, 3.05) is 21.3 Å². The predicted octanol–water partition coefficient (Wildman–Crippen LogP) is 2.94. The molecule has 0 N–H and O–H groups in total. The lowest BCUT2D eigenvalue weighted by Crippen LogP contribution is -2.27. The van der Waals surface area contributed by atoms with Crippen LogP contribution in [0.1, 0.15) is 5.56 Å². The van der Waals surface area contributed by atoms with Crippen LogP contribution in [-0.4, -0.2) is 34.0 Å². The molecule has 0 saturated carbocycles. The van der Waals surface area contributed by atoms with Gasteiger partial charge in [0.2, 0.25) is 10.0 Å². The lowest BCUT2D eigenvalue weighted by atomic mass is 10.2. The Kier molecular flexibility index (Phi) is 5.58. The summed E-state index contributed by atoms with van der Waals surface area (Å²) < 4.78 is 76.1. The second-order valence-electron chi connectivity index (χ2n) is 5.12. The first-order valence-corrected chi connectivity index (χ1v) is 8.47. The number of hydrogen-bond acceptors (Lipinski definition) is 4. The molecular weight excluding hydrogens is 359 g/mol. The highest BCUT2D eigenvalue weighted by Crippen LogP contribution is 2.29. The van der Waals surface area contributed by atoms with Crippen molar-refractivity contribution in [2.24, 2.45) is 0 Å². The van der Waals surface area contributed by atoms with Crippen LogP contribution in [0.4, 0.5) is 13.2 Å². The van der Waals surface area contributed by atoms with E-state index >= 15 is 0 Å². The van der Waals surface area contributed by atoms with E-state index in [1.807, 2.05) is 0 Å². The largest absolute Gasteiger partial charge is 0.493 e. The van der Waals surface area contributed by atoms with E-state index in [2.05, 4.69) is 0 Å². The van der Waals surface area contributed by atoms with Gasteiger partial charge < -0.3 is 9.47 Å². The van der Waals surface area contributed by atoms with Gasteiger partial charge in [0.05, 0.1) is 14.2 Å². The SMILES string of the molecule is COc1ccc(CN(C)S(=O)(=O)c2ccc(F)c(F)c2F)cc1OC. The molecule has 2 rings (SSSR count). The van der Waals surface area contributed by atoms with Crippen LogP contribution in [0.15, 0.2) is 35.2 Å². The fourth-order valence-electron chi connectivity index (χ4n) is 2.20. The summed E-state index contributed by atoms with van der Waals surface area (Å²) in [5.41, 5.74) is 0.534. The van der Waals surface area contributed by atoms with E-state index < -0.39 is 32.4 Å². The molecule has 0 unspecified atom stereocenters. The van der Waals surface area contributed by atoms with Crippen molar-refractivity contribution in [1.82, 2.24) is 4.31 Å². The number of hydrogen-bond donors (Lipinski definition) is 0. The third-order valence-corrected chi connectivity index (χ3v) is 5.36. The molecule has 0 radical (unpaired) electrons. The van der Waals surface area contributed by atoms with Crippen LogP contribution in [0, 0.1) is 17.5 Å². The van der Waals surface area contributed by atoms with Gasteiger partial charge in [-0.1, -0.05) is 6.07 Å². The molecule has 2 aromatic rings. The fraction of sp³-hybridized carbons (Fsp3) is 0.250. The topological polar surface area (TPSA) is 55.8 Å². The number of benzene rings is 2. The van der Waals surface area contributed by atoms with Crippen LogP contribution in [0.3, 0.4) is 0 Å². The molecule has 0 aromatic heterocycles. The third kappa shape index (κ3) is 3.72. The molecule has 0 bridgehead atoms. The maximum Gasteiger partial charge on any atom is 0.246 e. The number of halogens is 3. The first kappa shape index (κ1) is 19.1. The lowest BCUT2D eigenvalue weighted by molar-refractivity contribution is 0.354. The Balaban J connectivity index is 2.34. The molecule has 0 heterocycles. The molecule has 0 spiro atoms. The van der Waals surface area contributed by atoms with E-state index in [-0.39, 0.29) is 6.54 Å². The number of sulfonamides is 1. The van der Waals surface area contributed by atoms with Crippen LogP contribution in [-0.2, 0) is 16.6 Å². The average molecular weight is 375 g/mol. The summed E-state index contributed by atoms with van der Waals surface area (Å²) in [6, 6.07) is 6.01. The minimum Gasteiger partial charge on any atom is -0.493 e. The fourth-order valence-corrected chi connectivity index (χ4v) is 3.41. The van der Waals surface area contributed by atoms with Crippen molar-refractivity contribution in [2.45, 2.75) is 11.4 Å². The van der Waals surface area contributed by atoms with Gasteiger partial charge in [-0.2, -0.15) is 4.31 Å². The van der Waals surface area contributed by atoms with E-state index in [0.717, 1.165) is 4.31 Å². The maximum absolute atomic E-state index is 13.8. The molecule has 9 heteroatoms. The van der Waals surface area contributed by atoms with Gasteiger partial charge >= 0.3 is 0 Å². The molecule has 0 amide bonds. The standard InChI is InChI=1S/C16H16F3NO4S/c1-20(9-10-4-6-12(23-2)13(8-10)24-3)25(21,22)14-7-5-11(17)15(18)16(14)19/h4-8H,9H2,1-3H3. The second-order valence-corrected chi connectivity index (χ2v) is 7.14. The summed E-state index contributed by atoms with van der Waals surface area (Å²) >= 11 is 0. The maximum atomic E-state index is 13.8. The zero-order valence-electron chi connectivity index (χ0n) is 13.7. The summed E-state index contributed by atoms with van der Waals surface area (Å²) in [6.07, 6.45) is 0. The lowest BCUT2D eigenvalue weighted by Gasteiger charge is -2.18. The zero-order chi connectivity index (χ0) is 18.8. The van der Waals surface area contributed by atoms with E-state index in [9.17, 15) is 21.6 Å². The van der Waals surface area contributed by atoms with Crippen molar-refractivity contribution < 1.29 is 31.1 Å². The highest BCUT2D eigenvalue weighted by Gasteiger charge is 2.28. The van der Waals surface area contributed by atoms with Gasteiger partial charge in [0, 0.05) is 13.6 Å². The van der Waals surface area contributed by atoms with Gasteiger partial charge in [-0.15, -0.1) is 0 Å². The Labute approximate surface area is 143 Å². The van der Waals surface area contributed by atoms with Crippen molar-refractivity contribution in [3.63, 3.8) is 0 Å². The van der Waals surface area contributed by atoms with Gasteiger partial charge in [0.1, 0.15) is 4.90 Å². The Hall–Kier alpha value is -2.26. The summed E-state index contributed by atoms with van der Waals surface area (Å²) in [5, 5.41) is 0. The van der Waals surface area contributed by atoms with Crippen LogP contribution >= 0.6 is 0 Å². The zero-order valence-corrected chi connectivity index (χ0v) is 14.5. The molecule has 2 aromatic carbocycles. The van der Waals surface area contributed by atoms with Crippen molar-refractivity contribution in [3.8, 4) is 11.5 Å². The smallest absolute Gasteiger partial charge is 0.246 e. The first-order valence-electron chi connectivity index (χ1n) is 7.03. The highest BCUT2D eigenvalue weighted by molar-refractivity contribution is 7.89. The van der Waals surface area contributed by atoms with Gasteiger partial charge in [-0.3, -0.25) is 0 Å². The minimum absolute atomic E-state index is 0.138. The highest BCUT2D eigenvalue weighted by atomic mass is 32.2. The van der Waals surface area contributed by atoms with Crippen molar-refractivity contribution in [1.29, 1.82) is 0 Å². The number of nitrogens with zero attached hydrogens (tertiary/aromatic N) is 1. The summed E-state index contributed by atoms with van der Waals surface area (Å²) in [6.45, 7) is -0.138. The number of methoxy groups -OCH3 is 2. The second kappa shape index (κ2) is 7.32. The van der Waals surface area contributed by atoms with E-state index in [0.29, 0.717) is 29.2 Å². The van der Waals surface area contributed by atoms with Crippen LogP contribution in [0.2, 0.25) is 0 Å². The predicted molar refractivity (Wildman–Crippen MR) is 84.5 cm³/mol. The van der Waals surface area contributed by atoms with E-state index in [4.69, 9.17) is 9.47 Å². The Morgan fingerprint density at radius 2 is 1.60 bits per heavy atom. The average Bonchev–Trinajstić information content (AvgIpc) is 2.59. The molecular formula is C16H16F3NO4S. The molecule has 25 heavy (non-hydrogen) atoms. The normalized spacial score (nSPS) is 11.6. The van der Waals surface area contributed by atoms with Gasteiger partial charge in [0.15, 0.2) is 29.0 Å². The van der Waals surface area contributed by atoms with E-state index in [1.165, 1.54) is 21.3 Å². The molecule has 0 fully saturated rings. The minimum atomic E-state index is -4.36. The monoisotopic (exact) mass is 375 g/mol. The van der Waals surface area contributed by atoms with Gasteiger partial charge in [0.25, 0.3) is 0 Å². The van der Waals surface area contributed by atoms with Crippen LogP contribution in [0.5, 0.6) is 11.5 Å². The number of ether oxygens (including phenoxy) is 2. The van der Waals surface area contributed by atoms with Gasteiger partial charge in [-0.05, 0) is 29.8 Å². The van der Waals surface area contributed by atoms with Crippen molar-refractivity contribution >= 4 is 10.0 Å².